The Labute approximate surface area is 234 Å². The zero-order chi connectivity index (χ0) is 28.1. The molecule has 0 saturated carbocycles. The van der Waals surface area contributed by atoms with E-state index in [9.17, 15) is 4.79 Å². The molecule has 2 aliphatic heterocycles. The van der Waals surface area contributed by atoms with Crippen molar-refractivity contribution >= 4 is 34.1 Å². The van der Waals surface area contributed by atoms with Gasteiger partial charge in [0.2, 0.25) is 5.91 Å². The van der Waals surface area contributed by atoms with Crippen molar-refractivity contribution in [2.24, 2.45) is 0 Å². The fourth-order valence-electron chi connectivity index (χ4n) is 6.15. The third-order valence-corrected chi connectivity index (χ3v) is 8.15. The second-order valence-electron chi connectivity index (χ2n) is 10.5. The van der Waals surface area contributed by atoms with E-state index < -0.39 is 5.82 Å². The van der Waals surface area contributed by atoms with Crippen LogP contribution in [0.25, 0.3) is 16.7 Å². The molecule has 41 heavy (non-hydrogen) atoms. The highest BCUT2D eigenvalue weighted by molar-refractivity contribution is 5.88. The second-order valence-corrected chi connectivity index (χ2v) is 10.5. The Balaban J connectivity index is 1.15. The summed E-state index contributed by atoms with van der Waals surface area (Å²) in [6, 6.07) is 11.1. The van der Waals surface area contributed by atoms with E-state index in [1.807, 2.05) is 17.0 Å². The van der Waals surface area contributed by atoms with Crippen LogP contribution in [0.1, 0.15) is 42.9 Å². The number of rotatable bonds is 6. The second kappa shape index (κ2) is 9.92. The van der Waals surface area contributed by atoms with Crippen LogP contribution in [0.15, 0.2) is 67.9 Å². The summed E-state index contributed by atoms with van der Waals surface area (Å²) in [4.78, 5) is 32.3. The van der Waals surface area contributed by atoms with Crippen LogP contribution in [-0.2, 0) is 4.79 Å². The summed E-state index contributed by atoms with van der Waals surface area (Å²) >= 11 is 0. The fraction of sp³-hybridized carbons (Fsp3) is 0.267. The topological polar surface area (TPSA) is 110 Å². The fourth-order valence-corrected chi connectivity index (χ4v) is 6.15. The van der Waals surface area contributed by atoms with Crippen molar-refractivity contribution in [3.8, 4) is 11.5 Å². The molecule has 7 rings (SSSR count). The number of ether oxygens (including phenoxy) is 1. The third-order valence-electron chi connectivity index (χ3n) is 8.15. The van der Waals surface area contributed by atoms with Gasteiger partial charge >= 0.3 is 0 Å². The van der Waals surface area contributed by atoms with E-state index in [4.69, 9.17) is 9.72 Å². The van der Waals surface area contributed by atoms with E-state index >= 15 is 4.39 Å². The average Bonchev–Trinajstić information content (AvgIpc) is 3.57. The normalized spacial score (nSPS) is 20.0. The number of piperidine rings is 1. The summed E-state index contributed by atoms with van der Waals surface area (Å²) in [5.41, 5.74) is 3.40. The predicted molar refractivity (Wildman–Crippen MR) is 151 cm³/mol. The largest absolute Gasteiger partial charge is 0.457 e. The van der Waals surface area contributed by atoms with E-state index in [0.29, 0.717) is 39.6 Å². The molecule has 2 bridgehead atoms. The Hall–Kier alpha value is -4.93. The van der Waals surface area contributed by atoms with Gasteiger partial charge in [-0.1, -0.05) is 6.58 Å². The number of anilines is 2. The Morgan fingerprint density at radius 3 is 2.73 bits per heavy atom. The number of fused-ring (bicyclic) bond motifs is 4. The predicted octanol–water partition coefficient (Wildman–Crippen LogP) is 5.47. The van der Waals surface area contributed by atoms with Gasteiger partial charge < -0.3 is 15.0 Å². The van der Waals surface area contributed by atoms with Crippen LogP contribution >= 0.6 is 0 Å². The number of pyridine rings is 2. The highest BCUT2D eigenvalue weighted by atomic mass is 19.1. The van der Waals surface area contributed by atoms with Gasteiger partial charge in [-0.05, 0) is 69.0 Å². The Kier molecular flexibility index (Phi) is 6.06. The van der Waals surface area contributed by atoms with Gasteiger partial charge in [-0.3, -0.25) is 4.79 Å². The van der Waals surface area contributed by atoms with Gasteiger partial charge in [0.15, 0.2) is 17.3 Å². The molecule has 1 unspecified atom stereocenters. The van der Waals surface area contributed by atoms with Crippen molar-refractivity contribution in [3.63, 3.8) is 0 Å². The van der Waals surface area contributed by atoms with E-state index in [0.717, 1.165) is 31.4 Å². The number of benzene rings is 1. The van der Waals surface area contributed by atoms with E-state index in [2.05, 4.69) is 31.9 Å². The Morgan fingerprint density at radius 2 is 1.93 bits per heavy atom. The van der Waals surface area contributed by atoms with Gasteiger partial charge in [0.1, 0.15) is 29.7 Å². The lowest BCUT2D eigenvalue weighted by Gasteiger charge is -2.38. The monoisotopic (exact) mass is 550 g/mol. The lowest BCUT2D eigenvalue weighted by atomic mass is 9.87. The number of carbonyl (C=O) groups is 1. The van der Waals surface area contributed by atoms with Gasteiger partial charge in [-0.15, -0.1) is 0 Å². The van der Waals surface area contributed by atoms with Crippen LogP contribution in [0.5, 0.6) is 11.5 Å². The summed E-state index contributed by atoms with van der Waals surface area (Å²) < 4.78 is 23.2. The third kappa shape index (κ3) is 4.43. The maximum atomic E-state index is 15.6. The smallest absolute Gasteiger partial charge is 0.246 e. The molecule has 206 valence electrons. The van der Waals surface area contributed by atoms with Gasteiger partial charge in [-0.2, -0.15) is 5.10 Å². The van der Waals surface area contributed by atoms with Crippen molar-refractivity contribution < 1.29 is 13.9 Å². The van der Waals surface area contributed by atoms with E-state index in [-0.39, 0.29) is 29.6 Å². The van der Waals surface area contributed by atoms with Crippen LogP contribution in [0.2, 0.25) is 0 Å². The summed E-state index contributed by atoms with van der Waals surface area (Å²) in [7, 11) is 0. The number of amides is 1. The minimum atomic E-state index is -0.454. The maximum Gasteiger partial charge on any atom is 0.246 e. The molecule has 6 heterocycles. The van der Waals surface area contributed by atoms with Crippen LogP contribution in [-0.4, -0.2) is 52.4 Å². The quantitative estimate of drug-likeness (QED) is 0.277. The van der Waals surface area contributed by atoms with Gasteiger partial charge in [0, 0.05) is 41.5 Å². The first kappa shape index (κ1) is 25.1. The van der Waals surface area contributed by atoms with Gasteiger partial charge in [-0.25, -0.2) is 28.8 Å². The van der Waals surface area contributed by atoms with E-state index in [1.165, 1.54) is 18.7 Å². The summed E-state index contributed by atoms with van der Waals surface area (Å²) in [6.07, 6.45) is 9.74. The number of hydrogen-bond acceptors (Lipinski definition) is 8. The highest BCUT2D eigenvalue weighted by Gasteiger charge is 2.43. The molecule has 10 nitrogen and oxygen atoms in total. The molecule has 3 atom stereocenters. The number of hydrogen-bond donors (Lipinski definition) is 1. The highest BCUT2D eigenvalue weighted by Crippen LogP contribution is 2.43. The number of nitrogens with zero attached hydrogens (tertiary/aromatic N) is 7. The Morgan fingerprint density at radius 1 is 1.10 bits per heavy atom. The van der Waals surface area contributed by atoms with Crippen LogP contribution in [0.3, 0.4) is 0 Å². The number of nitrogens with one attached hydrogen (secondary N) is 1. The van der Waals surface area contributed by atoms with Crippen LogP contribution in [0.4, 0.5) is 15.9 Å². The SMILES string of the molecule is C=CC(=O)N1[C@@H]2CC[C@H]1CC(c1ccc3ncnc(Nc4ccc(Oc5ccn6ncnc6c5)c(C)c4F)c3n1)C2. The number of carbonyl (C=O) groups excluding carboxylic acids is 1. The summed E-state index contributed by atoms with van der Waals surface area (Å²) in [5.74, 6) is 1.10. The minimum Gasteiger partial charge on any atom is -0.457 e. The van der Waals surface area contributed by atoms with Crippen LogP contribution in [0, 0.1) is 12.7 Å². The summed E-state index contributed by atoms with van der Waals surface area (Å²) in [6.45, 7) is 5.33. The standard InChI is InChI=1S/C30H27FN8O2/c1-3-27(40)39-19-4-5-20(39)13-18(12-19)22-6-7-24-29(36-22)30(34-15-32-24)37-23-8-9-25(17(2)28(23)31)41-21-10-11-38-26(14-21)33-16-35-38/h3,6-11,14-16,18-20H,1,4-5,12-13H2,2H3,(H,32,34,37)/t18?,19-,20+. The van der Waals surface area contributed by atoms with Gasteiger partial charge in [0.05, 0.1) is 11.2 Å². The van der Waals surface area contributed by atoms with Crippen molar-refractivity contribution in [3.05, 3.63) is 85.0 Å². The molecule has 11 heteroatoms. The molecule has 1 aromatic carbocycles. The van der Waals surface area contributed by atoms with Crippen molar-refractivity contribution in [1.29, 1.82) is 0 Å². The van der Waals surface area contributed by atoms with Crippen molar-refractivity contribution in [1.82, 2.24) is 34.4 Å². The molecule has 0 aliphatic carbocycles. The number of aromatic nitrogens is 6. The molecule has 4 aromatic heterocycles. The molecule has 2 aliphatic rings. The van der Waals surface area contributed by atoms with E-state index in [1.54, 1.807) is 41.9 Å². The zero-order valence-electron chi connectivity index (χ0n) is 22.4. The lowest BCUT2D eigenvalue weighted by molar-refractivity contribution is -0.130. The van der Waals surface area contributed by atoms with Crippen LogP contribution < -0.4 is 10.1 Å². The van der Waals surface area contributed by atoms with Crippen molar-refractivity contribution in [2.75, 3.05) is 5.32 Å². The zero-order valence-corrected chi connectivity index (χ0v) is 22.4. The number of halogens is 1. The molecule has 1 amide bonds. The average molecular weight is 551 g/mol. The minimum absolute atomic E-state index is 0.00689. The van der Waals surface area contributed by atoms with Crippen molar-refractivity contribution in [2.45, 2.75) is 50.6 Å². The first-order valence-electron chi connectivity index (χ1n) is 13.6. The molecule has 0 radical (unpaired) electrons. The molecule has 2 saturated heterocycles. The molecule has 0 spiro atoms. The summed E-state index contributed by atoms with van der Waals surface area (Å²) in [5, 5.41) is 7.20. The molecule has 1 N–H and O–H groups in total. The first-order chi connectivity index (χ1) is 20.0. The maximum absolute atomic E-state index is 15.6. The molecular formula is C30H27FN8O2. The first-order valence-corrected chi connectivity index (χ1v) is 13.6. The molecular weight excluding hydrogens is 523 g/mol. The molecule has 2 fully saturated rings. The Bertz CT molecular complexity index is 1810. The lowest BCUT2D eigenvalue weighted by Crippen LogP contribution is -2.45. The molecule has 5 aromatic rings. The van der Waals surface area contributed by atoms with Gasteiger partial charge in [0.25, 0.3) is 0 Å².